The minimum Gasteiger partial charge on any atom is -0.307 e. The summed E-state index contributed by atoms with van der Waals surface area (Å²) in [6.45, 7) is 1.85. The Morgan fingerprint density at radius 2 is 1.59 bits per heavy atom. The average Bonchev–Trinajstić information content (AvgIpc) is 3.15. The third-order valence-corrected chi connectivity index (χ3v) is 5.19. The molecule has 4 rings (SSSR count). The Kier molecular flexibility index (Phi) is 6.20. The summed E-state index contributed by atoms with van der Waals surface area (Å²) in [6.07, 6.45) is 3.58. The van der Waals surface area contributed by atoms with Crippen LogP contribution in [-0.4, -0.2) is 20.0 Å². The van der Waals surface area contributed by atoms with Gasteiger partial charge in [-0.2, -0.15) is 15.0 Å². The normalized spacial score (nSPS) is 11.0. The Labute approximate surface area is 179 Å². The fourth-order valence-electron chi connectivity index (χ4n) is 3.02. The first-order valence-corrected chi connectivity index (χ1v) is 9.97. The monoisotopic (exact) mass is 423 g/mol. The molecule has 146 valence electrons. The molecule has 0 saturated carbocycles. The maximum Gasteiger partial charge on any atom is 0.117 e. The molecule has 0 spiro atoms. The lowest BCUT2D eigenvalue weighted by Gasteiger charge is -2.04. The molecule has 4 aromatic rings. The van der Waals surface area contributed by atoms with Crippen molar-refractivity contribution in [1.29, 1.82) is 0 Å². The van der Waals surface area contributed by atoms with Gasteiger partial charge in [-0.3, -0.25) is 4.98 Å². The Hall–Kier alpha value is -2.73. The van der Waals surface area contributed by atoms with Crippen molar-refractivity contribution in [1.82, 2.24) is 25.3 Å². The molecule has 1 N–H and O–H groups in total. The molecular weight excluding hydrogens is 405 g/mol. The Bertz CT molecular complexity index is 1080. The molecule has 0 amide bonds. The van der Waals surface area contributed by atoms with E-state index in [1.807, 2.05) is 54.6 Å². The lowest BCUT2D eigenvalue weighted by Crippen LogP contribution is -2.14. The van der Waals surface area contributed by atoms with Gasteiger partial charge in [0.05, 0.1) is 16.6 Å². The summed E-state index contributed by atoms with van der Waals surface area (Å²) >= 11 is 12.2. The van der Waals surface area contributed by atoms with Gasteiger partial charge in [-0.15, -0.1) is 0 Å². The van der Waals surface area contributed by atoms with E-state index in [1.54, 1.807) is 23.3 Å². The molecule has 2 aromatic heterocycles. The van der Waals surface area contributed by atoms with Crippen molar-refractivity contribution in [3.05, 3.63) is 99.9 Å². The summed E-state index contributed by atoms with van der Waals surface area (Å²) < 4.78 is 0. The molecular formula is C22H19Cl2N5. The number of aromatic nitrogens is 4. The number of hydrogen-bond acceptors (Lipinski definition) is 4. The minimum absolute atomic E-state index is 0.515. The second-order valence-corrected chi connectivity index (χ2v) is 7.41. The SMILES string of the molecule is Clc1ccc(Cn2nc(CNCc3ccncc3)c(-c3ccccc3)n2)cc1Cl. The summed E-state index contributed by atoms with van der Waals surface area (Å²) in [5, 5.41) is 14.0. The molecule has 0 atom stereocenters. The molecule has 0 saturated heterocycles. The molecule has 0 aliphatic rings. The zero-order valence-electron chi connectivity index (χ0n) is 15.6. The van der Waals surface area contributed by atoms with E-state index in [0.29, 0.717) is 23.1 Å². The van der Waals surface area contributed by atoms with Crippen LogP contribution in [0.25, 0.3) is 11.3 Å². The van der Waals surface area contributed by atoms with Gasteiger partial charge >= 0.3 is 0 Å². The number of benzene rings is 2. The standard InChI is InChI=1S/C22H19Cl2N5/c23-19-7-6-17(12-20(19)24)15-29-27-21(14-26-13-16-8-10-25-11-9-16)22(28-29)18-4-2-1-3-5-18/h1-12,26H,13-15H2. The number of rotatable bonds is 7. The van der Waals surface area contributed by atoms with Gasteiger partial charge in [0.15, 0.2) is 0 Å². The molecule has 2 aromatic carbocycles. The third kappa shape index (κ3) is 5.01. The highest BCUT2D eigenvalue weighted by molar-refractivity contribution is 6.42. The molecule has 0 unspecified atom stereocenters. The van der Waals surface area contributed by atoms with E-state index < -0.39 is 0 Å². The topological polar surface area (TPSA) is 55.6 Å². The predicted molar refractivity (Wildman–Crippen MR) is 116 cm³/mol. The molecule has 0 aliphatic carbocycles. The summed E-state index contributed by atoms with van der Waals surface area (Å²) in [5.41, 5.74) is 4.96. The van der Waals surface area contributed by atoms with Crippen LogP contribution in [-0.2, 0) is 19.6 Å². The van der Waals surface area contributed by atoms with Crippen LogP contribution >= 0.6 is 23.2 Å². The zero-order valence-corrected chi connectivity index (χ0v) is 17.1. The average molecular weight is 424 g/mol. The minimum atomic E-state index is 0.515. The van der Waals surface area contributed by atoms with E-state index in [0.717, 1.165) is 29.1 Å². The van der Waals surface area contributed by atoms with Crippen molar-refractivity contribution in [2.75, 3.05) is 0 Å². The summed E-state index contributed by atoms with van der Waals surface area (Å²) in [6, 6.07) is 19.6. The van der Waals surface area contributed by atoms with E-state index >= 15 is 0 Å². The molecule has 0 bridgehead atoms. The van der Waals surface area contributed by atoms with Crippen molar-refractivity contribution in [2.45, 2.75) is 19.6 Å². The fraction of sp³-hybridized carbons (Fsp3) is 0.136. The van der Waals surface area contributed by atoms with Crippen LogP contribution in [0.2, 0.25) is 10.0 Å². The van der Waals surface area contributed by atoms with Crippen LogP contribution < -0.4 is 5.32 Å². The van der Waals surface area contributed by atoms with Gasteiger partial charge in [0.2, 0.25) is 0 Å². The quantitative estimate of drug-likeness (QED) is 0.455. The number of nitrogens with one attached hydrogen (secondary N) is 1. The first-order valence-electron chi connectivity index (χ1n) is 9.22. The fourth-order valence-corrected chi connectivity index (χ4v) is 3.34. The van der Waals surface area contributed by atoms with Crippen LogP contribution in [0.3, 0.4) is 0 Å². The van der Waals surface area contributed by atoms with Crippen molar-refractivity contribution in [3.63, 3.8) is 0 Å². The molecule has 7 heteroatoms. The first kappa shape index (κ1) is 19.6. The van der Waals surface area contributed by atoms with E-state index in [2.05, 4.69) is 10.3 Å². The van der Waals surface area contributed by atoms with E-state index in [1.165, 1.54) is 5.56 Å². The van der Waals surface area contributed by atoms with E-state index in [9.17, 15) is 0 Å². The van der Waals surface area contributed by atoms with Crippen LogP contribution in [0, 0.1) is 0 Å². The largest absolute Gasteiger partial charge is 0.307 e. The van der Waals surface area contributed by atoms with Crippen molar-refractivity contribution in [3.8, 4) is 11.3 Å². The third-order valence-electron chi connectivity index (χ3n) is 4.45. The highest BCUT2D eigenvalue weighted by atomic mass is 35.5. The Balaban J connectivity index is 1.56. The lowest BCUT2D eigenvalue weighted by molar-refractivity contribution is 0.576. The van der Waals surface area contributed by atoms with Crippen LogP contribution in [0.15, 0.2) is 73.1 Å². The smallest absolute Gasteiger partial charge is 0.117 e. The zero-order chi connectivity index (χ0) is 20.1. The van der Waals surface area contributed by atoms with Gasteiger partial charge in [-0.25, -0.2) is 0 Å². The maximum atomic E-state index is 6.14. The molecule has 5 nitrogen and oxygen atoms in total. The van der Waals surface area contributed by atoms with Gasteiger partial charge in [-0.1, -0.05) is 59.6 Å². The number of pyridine rings is 1. The number of nitrogens with zero attached hydrogens (tertiary/aromatic N) is 4. The lowest BCUT2D eigenvalue weighted by atomic mass is 10.1. The van der Waals surface area contributed by atoms with Crippen LogP contribution in [0.4, 0.5) is 0 Å². The van der Waals surface area contributed by atoms with Gasteiger partial charge in [-0.05, 0) is 35.4 Å². The van der Waals surface area contributed by atoms with E-state index in [4.69, 9.17) is 33.4 Å². The maximum absolute atomic E-state index is 6.14. The van der Waals surface area contributed by atoms with Crippen molar-refractivity contribution < 1.29 is 0 Å². The van der Waals surface area contributed by atoms with Gasteiger partial charge in [0, 0.05) is 31.0 Å². The number of hydrogen-bond donors (Lipinski definition) is 1. The second kappa shape index (κ2) is 9.18. The van der Waals surface area contributed by atoms with Gasteiger partial charge in [0.1, 0.15) is 11.4 Å². The van der Waals surface area contributed by atoms with Crippen molar-refractivity contribution in [2.24, 2.45) is 0 Å². The van der Waals surface area contributed by atoms with Crippen LogP contribution in [0.5, 0.6) is 0 Å². The van der Waals surface area contributed by atoms with Gasteiger partial charge in [0.25, 0.3) is 0 Å². The van der Waals surface area contributed by atoms with Crippen LogP contribution in [0.1, 0.15) is 16.8 Å². The first-order chi connectivity index (χ1) is 14.2. The summed E-state index contributed by atoms with van der Waals surface area (Å²) in [7, 11) is 0. The Morgan fingerprint density at radius 3 is 2.34 bits per heavy atom. The Morgan fingerprint density at radius 1 is 0.793 bits per heavy atom. The predicted octanol–water partition coefficient (Wildman–Crippen LogP) is 4.99. The molecule has 0 radical (unpaired) electrons. The second-order valence-electron chi connectivity index (χ2n) is 6.60. The summed E-state index contributed by atoms with van der Waals surface area (Å²) in [5.74, 6) is 0. The molecule has 0 fully saturated rings. The molecule has 0 aliphatic heterocycles. The van der Waals surface area contributed by atoms with Crippen molar-refractivity contribution >= 4 is 23.2 Å². The highest BCUT2D eigenvalue weighted by Crippen LogP contribution is 2.24. The summed E-state index contributed by atoms with van der Waals surface area (Å²) in [4.78, 5) is 5.75. The van der Waals surface area contributed by atoms with E-state index in [-0.39, 0.29) is 0 Å². The highest BCUT2D eigenvalue weighted by Gasteiger charge is 2.13. The number of halogens is 2. The molecule has 29 heavy (non-hydrogen) atoms. The molecule has 2 heterocycles. The van der Waals surface area contributed by atoms with Gasteiger partial charge < -0.3 is 5.32 Å².